The summed E-state index contributed by atoms with van der Waals surface area (Å²) < 4.78 is 7.25. The first kappa shape index (κ1) is 19.5. The van der Waals surface area contributed by atoms with Gasteiger partial charge in [0.05, 0.1) is 38.0 Å². The number of nitrogens with zero attached hydrogens (tertiary/aromatic N) is 6. The molecular formula is C19H26N8O2. The average molecular weight is 398 g/mol. The summed E-state index contributed by atoms with van der Waals surface area (Å²) >= 11 is 0. The number of anilines is 1. The second-order valence-corrected chi connectivity index (χ2v) is 7.11. The van der Waals surface area contributed by atoms with E-state index >= 15 is 0 Å². The van der Waals surface area contributed by atoms with Gasteiger partial charge in [-0.05, 0) is 19.2 Å². The first-order valence-corrected chi connectivity index (χ1v) is 9.75. The summed E-state index contributed by atoms with van der Waals surface area (Å²) in [5.74, 6) is 0.544. The van der Waals surface area contributed by atoms with E-state index in [1.54, 1.807) is 19.0 Å². The molecular weight excluding hydrogens is 372 g/mol. The Labute approximate surface area is 168 Å². The molecule has 0 radical (unpaired) electrons. The van der Waals surface area contributed by atoms with Crippen LogP contribution in [0.3, 0.4) is 0 Å². The number of morpholine rings is 1. The van der Waals surface area contributed by atoms with Gasteiger partial charge >= 0.3 is 0 Å². The Balaban J connectivity index is 1.51. The molecule has 1 aromatic carbocycles. The molecule has 4 rings (SSSR count). The first-order valence-electron chi connectivity index (χ1n) is 9.75. The van der Waals surface area contributed by atoms with Gasteiger partial charge in [0.25, 0.3) is 0 Å². The van der Waals surface area contributed by atoms with Gasteiger partial charge in [-0.2, -0.15) is 5.10 Å². The van der Waals surface area contributed by atoms with Gasteiger partial charge in [-0.15, -0.1) is 5.10 Å². The fourth-order valence-corrected chi connectivity index (χ4v) is 3.41. The number of benzene rings is 1. The van der Waals surface area contributed by atoms with Crippen LogP contribution in [0.2, 0.25) is 0 Å². The number of carbonyl (C=O) groups is 1. The lowest BCUT2D eigenvalue weighted by molar-refractivity contribution is -0.117. The maximum Gasteiger partial charge on any atom is 0.241 e. The summed E-state index contributed by atoms with van der Waals surface area (Å²) in [7, 11) is 3.47. The maximum atomic E-state index is 12.2. The third-order valence-electron chi connectivity index (χ3n) is 5.15. The van der Waals surface area contributed by atoms with Crippen molar-refractivity contribution in [3.63, 3.8) is 0 Å². The highest BCUT2D eigenvalue weighted by molar-refractivity contribution is 6.02. The standard InChI is InChI=1S/C19H26N8O2/c1-20-12-18(28)25(2)19-15-11-14(3-4-16(15)21-23-19)17-13-27(24-22-17)6-5-26-7-9-29-10-8-26/h3-4,11,13,20H,5-10,12H2,1-2H3,(H,21,23). The SMILES string of the molecule is CNCC(=O)N(C)c1n[nH]c2ccc(-c3cn(CCN4CCOCC4)nn3)cc12. The molecule has 1 saturated heterocycles. The molecule has 1 aliphatic heterocycles. The van der Waals surface area contributed by atoms with Crippen LogP contribution >= 0.6 is 0 Å². The predicted octanol–water partition coefficient (Wildman–Crippen LogP) is 0.336. The van der Waals surface area contributed by atoms with Gasteiger partial charge in [0, 0.05) is 37.6 Å². The third-order valence-corrected chi connectivity index (χ3v) is 5.15. The van der Waals surface area contributed by atoms with Gasteiger partial charge in [0.1, 0.15) is 5.69 Å². The summed E-state index contributed by atoms with van der Waals surface area (Å²) in [5, 5.41) is 19.6. The maximum absolute atomic E-state index is 12.2. The summed E-state index contributed by atoms with van der Waals surface area (Å²) in [6.45, 7) is 5.47. The molecule has 2 aromatic heterocycles. The highest BCUT2D eigenvalue weighted by Gasteiger charge is 2.17. The number of aromatic nitrogens is 5. The Morgan fingerprint density at radius 3 is 2.93 bits per heavy atom. The Hall–Kier alpha value is -2.82. The zero-order valence-corrected chi connectivity index (χ0v) is 16.8. The van der Waals surface area contributed by atoms with Crippen molar-refractivity contribution in [1.82, 2.24) is 35.4 Å². The zero-order chi connectivity index (χ0) is 20.2. The number of nitrogens with one attached hydrogen (secondary N) is 2. The molecule has 29 heavy (non-hydrogen) atoms. The third kappa shape index (κ3) is 4.29. The van der Waals surface area contributed by atoms with Crippen LogP contribution in [0.5, 0.6) is 0 Å². The summed E-state index contributed by atoms with van der Waals surface area (Å²) in [6, 6.07) is 5.92. The van der Waals surface area contributed by atoms with E-state index in [4.69, 9.17) is 4.74 Å². The van der Waals surface area contributed by atoms with Gasteiger partial charge in [-0.1, -0.05) is 11.3 Å². The quantitative estimate of drug-likeness (QED) is 0.591. The molecule has 0 atom stereocenters. The Kier molecular flexibility index (Phi) is 5.84. The number of aromatic amines is 1. The number of fused-ring (bicyclic) bond motifs is 1. The van der Waals surface area contributed by atoms with Gasteiger partial charge in [0.2, 0.25) is 5.91 Å². The number of rotatable bonds is 7. The molecule has 0 spiro atoms. The lowest BCUT2D eigenvalue weighted by Gasteiger charge is -2.26. The van der Waals surface area contributed by atoms with Gasteiger partial charge in [0.15, 0.2) is 5.82 Å². The Bertz CT molecular complexity index is 976. The lowest BCUT2D eigenvalue weighted by Crippen LogP contribution is -2.38. The van der Waals surface area contributed by atoms with Gasteiger partial charge < -0.3 is 10.1 Å². The van der Waals surface area contributed by atoms with Crippen molar-refractivity contribution >= 4 is 22.6 Å². The largest absolute Gasteiger partial charge is 0.379 e. The Morgan fingerprint density at radius 1 is 1.31 bits per heavy atom. The second kappa shape index (κ2) is 8.68. The van der Waals surface area contributed by atoms with E-state index in [1.807, 2.05) is 29.1 Å². The summed E-state index contributed by atoms with van der Waals surface area (Å²) in [5.41, 5.74) is 2.60. The molecule has 0 saturated carbocycles. The van der Waals surface area contributed by atoms with Crippen molar-refractivity contribution in [3.8, 4) is 11.3 Å². The fraction of sp³-hybridized carbons (Fsp3) is 0.474. The molecule has 1 fully saturated rings. The van der Waals surface area contributed by atoms with Crippen LogP contribution in [0, 0.1) is 0 Å². The van der Waals surface area contributed by atoms with Crippen LogP contribution < -0.4 is 10.2 Å². The van der Waals surface area contributed by atoms with E-state index in [2.05, 4.69) is 30.7 Å². The monoisotopic (exact) mass is 398 g/mol. The minimum Gasteiger partial charge on any atom is -0.379 e. The van der Waals surface area contributed by atoms with Crippen molar-refractivity contribution < 1.29 is 9.53 Å². The van der Waals surface area contributed by atoms with E-state index < -0.39 is 0 Å². The fourth-order valence-electron chi connectivity index (χ4n) is 3.41. The number of hydrogen-bond acceptors (Lipinski definition) is 7. The molecule has 1 aliphatic rings. The van der Waals surface area contributed by atoms with Crippen molar-refractivity contribution in [3.05, 3.63) is 24.4 Å². The average Bonchev–Trinajstić information content (AvgIpc) is 3.39. The molecule has 0 aliphatic carbocycles. The molecule has 1 amide bonds. The van der Waals surface area contributed by atoms with E-state index in [0.717, 1.165) is 61.6 Å². The lowest BCUT2D eigenvalue weighted by atomic mass is 10.1. The number of amides is 1. The molecule has 154 valence electrons. The summed E-state index contributed by atoms with van der Waals surface area (Å²) in [6.07, 6.45) is 1.96. The minimum atomic E-state index is -0.0552. The predicted molar refractivity (Wildman–Crippen MR) is 110 cm³/mol. The van der Waals surface area contributed by atoms with Crippen molar-refractivity contribution in [2.75, 3.05) is 58.4 Å². The highest BCUT2D eigenvalue weighted by Crippen LogP contribution is 2.28. The number of likely N-dealkylation sites (N-methyl/N-ethyl adjacent to an activating group) is 2. The van der Waals surface area contributed by atoms with Gasteiger partial charge in [-0.3, -0.25) is 24.4 Å². The zero-order valence-electron chi connectivity index (χ0n) is 16.8. The number of ether oxygens (including phenoxy) is 1. The molecule has 0 unspecified atom stereocenters. The molecule has 0 bridgehead atoms. The van der Waals surface area contributed by atoms with E-state index in [-0.39, 0.29) is 12.5 Å². The van der Waals surface area contributed by atoms with Crippen molar-refractivity contribution in [1.29, 1.82) is 0 Å². The molecule has 3 heterocycles. The second-order valence-electron chi connectivity index (χ2n) is 7.11. The van der Waals surface area contributed by atoms with Crippen molar-refractivity contribution in [2.45, 2.75) is 6.54 Å². The number of H-pyrrole nitrogens is 1. The van der Waals surface area contributed by atoms with Crippen LogP contribution in [0.15, 0.2) is 24.4 Å². The van der Waals surface area contributed by atoms with E-state index in [9.17, 15) is 4.79 Å². The molecule has 2 N–H and O–H groups in total. The van der Waals surface area contributed by atoms with Crippen LogP contribution in [0.4, 0.5) is 5.82 Å². The van der Waals surface area contributed by atoms with Gasteiger partial charge in [-0.25, -0.2) is 0 Å². The minimum absolute atomic E-state index is 0.0552. The molecule has 3 aromatic rings. The first-order chi connectivity index (χ1) is 14.2. The van der Waals surface area contributed by atoms with Crippen LogP contribution in [0.1, 0.15) is 0 Å². The summed E-state index contributed by atoms with van der Waals surface area (Å²) in [4.78, 5) is 16.1. The van der Waals surface area contributed by atoms with E-state index in [0.29, 0.717) is 5.82 Å². The highest BCUT2D eigenvalue weighted by atomic mass is 16.5. The van der Waals surface area contributed by atoms with Crippen molar-refractivity contribution in [2.24, 2.45) is 0 Å². The van der Waals surface area contributed by atoms with Crippen LogP contribution in [0.25, 0.3) is 22.2 Å². The normalized spacial score (nSPS) is 15.1. The van der Waals surface area contributed by atoms with Crippen LogP contribution in [-0.2, 0) is 16.1 Å². The molecule has 10 nitrogen and oxygen atoms in total. The topological polar surface area (TPSA) is 104 Å². The van der Waals surface area contributed by atoms with E-state index in [1.165, 1.54) is 0 Å². The smallest absolute Gasteiger partial charge is 0.241 e. The molecule has 10 heteroatoms. The Morgan fingerprint density at radius 2 is 2.14 bits per heavy atom. The number of carbonyl (C=O) groups excluding carboxylic acids is 1. The van der Waals surface area contributed by atoms with Crippen LogP contribution in [-0.4, -0.2) is 89.5 Å². The number of hydrogen-bond donors (Lipinski definition) is 2.